The van der Waals surface area contributed by atoms with Crippen LogP contribution in [0.2, 0.25) is 0 Å². The summed E-state index contributed by atoms with van der Waals surface area (Å²) in [5.74, 6) is 1.03. The molecule has 8 heteroatoms. The van der Waals surface area contributed by atoms with Crippen LogP contribution in [-0.4, -0.2) is 18.5 Å². The Bertz CT molecular complexity index is 1270. The number of benzene rings is 3. The van der Waals surface area contributed by atoms with Gasteiger partial charge in [-0.3, -0.25) is 0 Å². The van der Waals surface area contributed by atoms with Crippen molar-refractivity contribution in [3.8, 4) is 11.5 Å². The molecule has 0 saturated heterocycles. The molecular formula is C25H18Br2INO4. The second kappa shape index (κ2) is 10.8. The normalized spacial score (nSPS) is 14.2. The van der Waals surface area contributed by atoms with Gasteiger partial charge in [-0.2, -0.15) is 0 Å². The fourth-order valence-corrected chi connectivity index (χ4v) is 4.79. The van der Waals surface area contributed by atoms with Gasteiger partial charge < -0.3 is 14.2 Å². The quantitative estimate of drug-likeness (QED) is 0.151. The zero-order valence-electron chi connectivity index (χ0n) is 17.5. The lowest BCUT2D eigenvalue weighted by molar-refractivity contribution is -0.129. The van der Waals surface area contributed by atoms with Crippen LogP contribution in [0, 0.1) is 3.57 Å². The van der Waals surface area contributed by atoms with Crippen molar-refractivity contribution in [3.63, 3.8) is 0 Å². The Balaban J connectivity index is 1.63. The molecule has 1 aliphatic heterocycles. The highest BCUT2D eigenvalue weighted by atomic mass is 127. The molecule has 0 amide bonds. The molecule has 1 aliphatic rings. The highest BCUT2D eigenvalue weighted by molar-refractivity contribution is 14.1. The Labute approximate surface area is 222 Å². The Morgan fingerprint density at radius 3 is 2.48 bits per heavy atom. The molecule has 168 valence electrons. The largest absolute Gasteiger partial charge is 0.490 e. The summed E-state index contributed by atoms with van der Waals surface area (Å²) in [6.45, 7) is 2.79. The van der Waals surface area contributed by atoms with Gasteiger partial charge in [0.2, 0.25) is 5.90 Å². The van der Waals surface area contributed by atoms with Crippen LogP contribution >= 0.6 is 54.5 Å². The minimum atomic E-state index is -0.497. The van der Waals surface area contributed by atoms with Gasteiger partial charge in [-0.15, -0.1) is 0 Å². The third kappa shape index (κ3) is 5.67. The van der Waals surface area contributed by atoms with Crippen LogP contribution in [-0.2, 0) is 16.1 Å². The predicted octanol–water partition coefficient (Wildman–Crippen LogP) is 7.14. The molecule has 0 spiro atoms. The van der Waals surface area contributed by atoms with Gasteiger partial charge in [0.1, 0.15) is 6.61 Å². The van der Waals surface area contributed by atoms with Gasteiger partial charge in [-0.25, -0.2) is 9.79 Å². The molecule has 0 aliphatic carbocycles. The van der Waals surface area contributed by atoms with Crippen LogP contribution < -0.4 is 9.47 Å². The summed E-state index contributed by atoms with van der Waals surface area (Å²) in [7, 11) is 0. The molecule has 0 saturated carbocycles. The molecule has 4 rings (SSSR count). The van der Waals surface area contributed by atoms with Gasteiger partial charge in [0.05, 0.1) is 15.7 Å². The standard InChI is InChI=1S/C25H18Br2INO4/c1-2-31-22-13-15(11-20(28)23(22)32-14-16-7-3-5-9-18(16)26)12-21-25(30)33-24(29-21)17-8-4-6-10-19(17)27/h3-13H,2,14H2,1H3/b21-12-. The van der Waals surface area contributed by atoms with Crippen molar-refractivity contribution in [1.82, 2.24) is 0 Å². The van der Waals surface area contributed by atoms with E-state index in [4.69, 9.17) is 14.2 Å². The number of hydrogen-bond acceptors (Lipinski definition) is 5. The van der Waals surface area contributed by atoms with E-state index in [1.54, 1.807) is 6.08 Å². The molecule has 3 aromatic carbocycles. The summed E-state index contributed by atoms with van der Waals surface area (Å²) in [4.78, 5) is 16.8. The predicted molar refractivity (Wildman–Crippen MR) is 144 cm³/mol. The van der Waals surface area contributed by atoms with Crippen molar-refractivity contribution < 1.29 is 19.0 Å². The van der Waals surface area contributed by atoms with E-state index in [1.165, 1.54) is 0 Å². The van der Waals surface area contributed by atoms with Gasteiger partial charge in [-0.05, 0) is 87.4 Å². The van der Waals surface area contributed by atoms with E-state index in [1.807, 2.05) is 67.6 Å². The molecule has 0 radical (unpaired) electrons. The molecule has 0 atom stereocenters. The fourth-order valence-electron chi connectivity index (χ4n) is 3.16. The minimum Gasteiger partial charge on any atom is -0.490 e. The maximum Gasteiger partial charge on any atom is 0.363 e. The number of esters is 1. The van der Waals surface area contributed by atoms with Crippen molar-refractivity contribution in [1.29, 1.82) is 0 Å². The number of ether oxygens (including phenoxy) is 3. The summed E-state index contributed by atoms with van der Waals surface area (Å²) < 4.78 is 20.0. The Kier molecular flexibility index (Phi) is 7.87. The smallest absolute Gasteiger partial charge is 0.363 e. The summed E-state index contributed by atoms with van der Waals surface area (Å²) in [6, 6.07) is 19.1. The van der Waals surface area contributed by atoms with Crippen molar-refractivity contribution in [2.75, 3.05) is 6.61 Å². The zero-order valence-corrected chi connectivity index (χ0v) is 22.8. The van der Waals surface area contributed by atoms with E-state index in [-0.39, 0.29) is 11.6 Å². The monoisotopic (exact) mass is 681 g/mol. The summed E-state index contributed by atoms with van der Waals surface area (Å²) >= 11 is 9.23. The molecule has 33 heavy (non-hydrogen) atoms. The van der Waals surface area contributed by atoms with Crippen molar-refractivity contribution in [3.05, 3.63) is 95.6 Å². The van der Waals surface area contributed by atoms with E-state index < -0.39 is 5.97 Å². The Hall–Kier alpha value is -2.17. The maximum atomic E-state index is 12.4. The molecule has 0 fully saturated rings. The Morgan fingerprint density at radius 1 is 1.03 bits per heavy atom. The number of cyclic esters (lactones) is 1. The van der Waals surface area contributed by atoms with E-state index in [0.717, 1.165) is 29.2 Å². The number of halogens is 3. The fraction of sp³-hybridized carbons (Fsp3) is 0.120. The van der Waals surface area contributed by atoms with E-state index in [9.17, 15) is 4.79 Å². The van der Waals surface area contributed by atoms with Crippen LogP contribution in [0.25, 0.3) is 6.08 Å². The first-order chi connectivity index (χ1) is 16.0. The molecule has 1 heterocycles. The lowest BCUT2D eigenvalue weighted by Crippen LogP contribution is -2.06. The molecule has 0 bridgehead atoms. The molecule has 0 unspecified atom stereocenters. The first-order valence-electron chi connectivity index (χ1n) is 10.1. The molecule has 3 aromatic rings. The highest BCUT2D eigenvalue weighted by Crippen LogP contribution is 2.36. The average Bonchev–Trinajstić information content (AvgIpc) is 3.14. The number of carbonyl (C=O) groups excluding carboxylic acids is 1. The number of hydrogen-bond donors (Lipinski definition) is 0. The number of nitrogens with zero attached hydrogens (tertiary/aromatic N) is 1. The van der Waals surface area contributed by atoms with Crippen LogP contribution in [0.1, 0.15) is 23.6 Å². The highest BCUT2D eigenvalue weighted by Gasteiger charge is 2.25. The lowest BCUT2D eigenvalue weighted by Gasteiger charge is -2.15. The minimum absolute atomic E-state index is 0.223. The number of aliphatic imine (C=N–C) groups is 1. The Morgan fingerprint density at radius 2 is 1.76 bits per heavy atom. The van der Waals surface area contributed by atoms with Crippen LogP contribution in [0.4, 0.5) is 0 Å². The molecular weight excluding hydrogens is 665 g/mol. The topological polar surface area (TPSA) is 57.1 Å². The van der Waals surface area contributed by atoms with Crippen LogP contribution in [0.3, 0.4) is 0 Å². The van der Waals surface area contributed by atoms with Crippen LogP contribution in [0.15, 0.2) is 80.3 Å². The van der Waals surface area contributed by atoms with Gasteiger partial charge in [0.25, 0.3) is 0 Å². The maximum absolute atomic E-state index is 12.4. The summed E-state index contributed by atoms with van der Waals surface area (Å²) in [6.07, 6.45) is 1.69. The number of rotatable bonds is 7. The zero-order chi connectivity index (χ0) is 23.4. The van der Waals surface area contributed by atoms with Gasteiger partial charge >= 0.3 is 5.97 Å². The SMILES string of the molecule is CCOc1cc(/C=C2\N=C(c3ccccc3Br)OC2=O)cc(I)c1OCc1ccccc1Br. The van der Waals surface area contributed by atoms with Crippen molar-refractivity contribution in [2.24, 2.45) is 4.99 Å². The first-order valence-corrected chi connectivity index (χ1v) is 12.7. The summed E-state index contributed by atoms with van der Waals surface area (Å²) in [5.41, 5.74) is 2.74. The van der Waals surface area contributed by atoms with Crippen LogP contribution in [0.5, 0.6) is 11.5 Å². The van der Waals surface area contributed by atoms with Crippen molar-refractivity contribution in [2.45, 2.75) is 13.5 Å². The van der Waals surface area contributed by atoms with Gasteiger partial charge in [-0.1, -0.05) is 46.3 Å². The lowest BCUT2D eigenvalue weighted by atomic mass is 10.1. The van der Waals surface area contributed by atoms with Gasteiger partial charge in [0, 0.05) is 14.5 Å². The molecule has 5 nitrogen and oxygen atoms in total. The number of carbonyl (C=O) groups is 1. The molecule has 0 aromatic heterocycles. The molecule has 0 N–H and O–H groups in total. The van der Waals surface area contributed by atoms with Crippen molar-refractivity contribution >= 4 is 72.4 Å². The first kappa shape index (κ1) is 24.0. The average molecular weight is 683 g/mol. The summed E-state index contributed by atoms with van der Waals surface area (Å²) in [5, 5.41) is 0. The van der Waals surface area contributed by atoms with Gasteiger partial charge in [0.15, 0.2) is 17.2 Å². The second-order valence-corrected chi connectivity index (χ2v) is 9.83. The van der Waals surface area contributed by atoms with E-state index in [0.29, 0.717) is 24.7 Å². The third-order valence-electron chi connectivity index (χ3n) is 4.69. The van der Waals surface area contributed by atoms with E-state index >= 15 is 0 Å². The third-order valence-corrected chi connectivity index (χ3v) is 6.96. The van der Waals surface area contributed by atoms with E-state index in [2.05, 4.69) is 59.4 Å². The second-order valence-electron chi connectivity index (χ2n) is 6.96.